The summed E-state index contributed by atoms with van der Waals surface area (Å²) in [7, 11) is 0. The van der Waals surface area contributed by atoms with Gasteiger partial charge in [-0.2, -0.15) is 5.10 Å². The fourth-order valence-corrected chi connectivity index (χ4v) is 2.51. The van der Waals surface area contributed by atoms with Crippen LogP contribution in [0.15, 0.2) is 30.3 Å². The van der Waals surface area contributed by atoms with Crippen molar-refractivity contribution in [1.82, 2.24) is 14.8 Å². The molecule has 2 unspecified atom stereocenters. The van der Waals surface area contributed by atoms with Crippen molar-refractivity contribution in [1.29, 1.82) is 0 Å². The molecule has 0 saturated carbocycles. The molecule has 2 heterocycles. The summed E-state index contributed by atoms with van der Waals surface area (Å²) in [5.41, 5.74) is -0.638. The molecule has 0 spiro atoms. The number of rotatable bonds is 3. The maximum Gasteiger partial charge on any atom is 0.188 e. The fraction of sp³-hybridized carbons (Fsp3) is 0.467. The number of fused-ring (bicyclic) bond motifs is 1. The minimum absolute atomic E-state index is 0.0817. The molecule has 2 aromatic rings. The molecule has 0 N–H and O–H groups in total. The Labute approximate surface area is 116 Å². The molecule has 0 fully saturated rings. The van der Waals surface area contributed by atoms with Gasteiger partial charge in [0, 0.05) is 6.42 Å². The van der Waals surface area contributed by atoms with Crippen LogP contribution in [0.2, 0.25) is 0 Å². The highest BCUT2D eigenvalue weighted by Crippen LogP contribution is 2.40. The molecule has 3 nitrogen and oxygen atoms in total. The second-order valence-electron chi connectivity index (χ2n) is 5.42. The molecule has 5 heteroatoms. The number of aromatic nitrogens is 3. The molecule has 1 aromatic heterocycles. The Balaban J connectivity index is 2.02. The average molecular weight is 277 g/mol. The van der Waals surface area contributed by atoms with Crippen LogP contribution in [0.3, 0.4) is 0 Å². The van der Waals surface area contributed by atoms with Gasteiger partial charge in [0.15, 0.2) is 23.5 Å². The summed E-state index contributed by atoms with van der Waals surface area (Å²) in [5.74, 6) is 0.324. The lowest BCUT2D eigenvalue weighted by molar-refractivity contribution is 0.170. The Bertz CT molecular complexity index is 607. The van der Waals surface area contributed by atoms with Gasteiger partial charge in [0.05, 0.1) is 6.04 Å². The van der Waals surface area contributed by atoms with Gasteiger partial charge in [0.1, 0.15) is 0 Å². The average Bonchev–Trinajstić information content (AvgIpc) is 3.01. The Morgan fingerprint density at radius 2 is 2.05 bits per heavy atom. The van der Waals surface area contributed by atoms with E-state index in [-0.39, 0.29) is 24.1 Å². The zero-order valence-corrected chi connectivity index (χ0v) is 11.6. The summed E-state index contributed by atoms with van der Waals surface area (Å²) < 4.78 is 30.0. The Kier molecular flexibility index (Phi) is 3.07. The van der Waals surface area contributed by atoms with Crippen molar-refractivity contribution in [2.45, 2.75) is 44.6 Å². The first kappa shape index (κ1) is 13.2. The third kappa shape index (κ3) is 2.01. The molecule has 1 aliphatic heterocycles. The van der Waals surface area contributed by atoms with Gasteiger partial charge >= 0.3 is 0 Å². The second-order valence-corrected chi connectivity index (χ2v) is 5.42. The van der Waals surface area contributed by atoms with E-state index in [1.54, 1.807) is 11.6 Å². The van der Waals surface area contributed by atoms with Crippen molar-refractivity contribution < 1.29 is 8.78 Å². The van der Waals surface area contributed by atoms with E-state index >= 15 is 0 Å². The van der Waals surface area contributed by atoms with Gasteiger partial charge in [-0.1, -0.05) is 37.3 Å². The monoisotopic (exact) mass is 277 g/mol. The van der Waals surface area contributed by atoms with Gasteiger partial charge in [0.25, 0.3) is 0 Å². The highest BCUT2D eigenvalue weighted by Gasteiger charge is 2.39. The lowest BCUT2D eigenvalue weighted by Gasteiger charge is -2.15. The molecule has 0 aliphatic carbocycles. The maximum atomic E-state index is 14.3. The summed E-state index contributed by atoms with van der Waals surface area (Å²) in [4.78, 5) is 4.09. The molecule has 106 valence electrons. The number of benzene rings is 1. The predicted octanol–water partition coefficient (Wildman–Crippen LogP) is 3.88. The Morgan fingerprint density at radius 1 is 1.35 bits per heavy atom. The van der Waals surface area contributed by atoms with E-state index in [1.807, 2.05) is 30.3 Å². The lowest BCUT2D eigenvalue weighted by atomic mass is 10.0. The van der Waals surface area contributed by atoms with Crippen LogP contribution in [-0.4, -0.2) is 14.8 Å². The van der Waals surface area contributed by atoms with Gasteiger partial charge in [0.2, 0.25) is 0 Å². The van der Waals surface area contributed by atoms with Crippen molar-refractivity contribution in [3.63, 3.8) is 0 Å². The molecule has 0 amide bonds. The summed E-state index contributed by atoms with van der Waals surface area (Å²) >= 11 is 0. The van der Waals surface area contributed by atoms with E-state index < -0.39 is 11.8 Å². The molecular formula is C15H17F2N3. The summed E-state index contributed by atoms with van der Waals surface area (Å²) in [6.07, 6.45) is -0.604. The van der Waals surface area contributed by atoms with E-state index in [9.17, 15) is 8.78 Å². The normalized spacial score (nSPS) is 24.4. The molecular weight excluding hydrogens is 260 g/mol. The first-order valence-corrected chi connectivity index (χ1v) is 6.88. The van der Waals surface area contributed by atoms with Crippen LogP contribution in [-0.2, 0) is 5.67 Å². The maximum absolute atomic E-state index is 14.3. The van der Waals surface area contributed by atoms with Crippen LogP contribution in [0.4, 0.5) is 8.78 Å². The van der Waals surface area contributed by atoms with Crippen LogP contribution >= 0.6 is 0 Å². The van der Waals surface area contributed by atoms with Gasteiger partial charge < -0.3 is 0 Å². The number of hydrogen-bond donors (Lipinski definition) is 0. The quantitative estimate of drug-likeness (QED) is 0.852. The van der Waals surface area contributed by atoms with Crippen LogP contribution in [0.5, 0.6) is 0 Å². The predicted molar refractivity (Wildman–Crippen MR) is 71.8 cm³/mol. The van der Waals surface area contributed by atoms with E-state index in [0.29, 0.717) is 6.42 Å². The highest BCUT2D eigenvalue weighted by molar-refractivity contribution is 5.24. The molecule has 1 aromatic carbocycles. The van der Waals surface area contributed by atoms with Crippen LogP contribution in [0.1, 0.15) is 56.1 Å². The highest BCUT2D eigenvalue weighted by atomic mass is 19.1. The topological polar surface area (TPSA) is 30.7 Å². The van der Waals surface area contributed by atoms with Crippen molar-refractivity contribution in [2.75, 3.05) is 0 Å². The minimum Gasteiger partial charge on any atom is -0.239 e. The molecule has 20 heavy (non-hydrogen) atoms. The van der Waals surface area contributed by atoms with Crippen molar-refractivity contribution in [3.05, 3.63) is 47.5 Å². The van der Waals surface area contributed by atoms with Gasteiger partial charge in [-0.15, -0.1) is 0 Å². The van der Waals surface area contributed by atoms with Gasteiger partial charge in [-0.25, -0.2) is 18.4 Å². The first-order valence-electron chi connectivity index (χ1n) is 6.88. The third-order valence-electron chi connectivity index (χ3n) is 3.98. The zero-order valence-electron chi connectivity index (χ0n) is 11.6. The number of halogens is 2. The SMILES string of the molecule is CC[C@](C)(F)c1nc2n(n1)C(c1ccccc1)CC2F. The fourth-order valence-electron chi connectivity index (χ4n) is 2.51. The molecule has 0 radical (unpaired) electrons. The molecule has 3 rings (SSSR count). The van der Waals surface area contributed by atoms with Gasteiger partial charge in [-0.3, -0.25) is 0 Å². The second kappa shape index (κ2) is 4.65. The van der Waals surface area contributed by atoms with E-state index in [1.165, 1.54) is 6.92 Å². The number of hydrogen-bond acceptors (Lipinski definition) is 2. The Hall–Kier alpha value is -1.78. The third-order valence-corrected chi connectivity index (χ3v) is 3.98. The minimum atomic E-state index is -1.61. The summed E-state index contributed by atoms with van der Waals surface area (Å²) in [6.45, 7) is 3.16. The largest absolute Gasteiger partial charge is 0.239 e. The van der Waals surface area contributed by atoms with Crippen LogP contribution < -0.4 is 0 Å². The van der Waals surface area contributed by atoms with E-state index in [2.05, 4.69) is 10.1 Å². The first-order chi connectivity index (χ1) is 9.53. The van der Waals surface area contributed by atoms with Crippen molar-refractivity contribution in [3.8, 4) is 0 Å². The van der Waals surface area contributed by atoms with Crippen LogP contribution in [0, 0.1) is 0 Å². The number of nitrogens with zero attached hydrogens (tertiary/aromatic N) is 3. The smallest absolute Gasteiger partial charge is 0.188 e. The van der Waals surface area contributed by atoms with Crippen molar-refractivity contribution in [2.24, 2.45) is 0 Å². The summed E-state index contributed by atoms with van der Waals surface area (Å²) in [6, 6.07) is 9.39. The van der Waals surface area contributed by atoms with Crippen molar-refractivity contribution >= 4 is 0 Å². The van der Waals surface area contributed by atoms with Gasteiger partial charge in [-0.05, 0) is 18.9 Å². The zero-order chi connectivity index (χ0) is 14.3. The number of alkyl halides is 2. The lowest BCUT2D eigenvalue weighted by Crippen LogP contribution is -2.17. The van der Waals surface area contributed by atoms with E-state index in [0.717, 1.165) is 5.56 Å². The standard InChI is InChI=1S/C15H17F2N3/c1-3-15(2,17)14-18-13-11(16)9-12(20(13)19-14)10-7-5-4-6-8-10/h4-8,11-12H,3,9H2,1-2H3/t11?,12?,15-/m0/s1. The van der Waals surface area contributed by atoms with Crippen LogP contribution in [0.25, 0.3) is 0 Å². The molecule has 3 atom stereocenters. The molecule has 0 bridgehead atoms. The Morgan fingerprint density at radius 3 is 2.70 bits per heavy atom. The summed E-state index contributed by atoms with van der Waals surface area (Å²) in [5, 5.41) is 4.23. The van der Waals surface area contributed by atoms with E-state index in [4.69, 9.17) is 0 Å². The molecule has 0 saturated heterocycles. The molecule has 1 aliphatic rings.